The van der Waals surface area contributed by atoms with Crippen LogP contribution in [-0.2, 0) is 0 Å². The van der Waals surface area contributed by atoms with Gasteiger partial charge in [0.05, 0.1) is 12.8 Å². The van der Waals surface area contributed by atoms with Crippen LogP contribution in [0.2, 0.25) is 0 Å². The molecule has 0 radical (unpaired) electrons. The number of ether oxygens (including phenoxy) is 1. The minimum absolute atomic E-state index is 0.0503. The smallest absolute Gasteiger partial charge is 0.167 e. The normalized spacial score (nSPS) is 10.4. The Kier molecular flexibility index (Phi) is 1.89. The molecule has 4 heteroatoms. The maximum atomic E-state index is 10.5. The molecule has 14 heavy (non-hydrogen) atoms. The summed E-state index contributed by atoms with van der Waals surface area (Å²) in [6.07, 6.45) is 0.700. The summed E-state index contributed by atoms with van der Waals surface area (Å²) >= 11 is 0. The Balaban J connectivity index is 2.74. The van der Waals surface area contributed by atoms with E-state index >= 15 is 0 Å². The third-order valence-corrected chi connectivity index (χ3v) is 2.11. The van der Waals surface area contributed by atoms with Crippen LogP contribution in [-0.4, -0.2) is 23.5 Å². The Morgan fingerprint density at radius 3 is 2.93 bits per heavy atom. The number of carbonyl (C=O) groups excluding carboxylic acids is 1. The quantitative estimate of drug-likeness (QED) is 0.710. The monoisotopic (exact) mass is 191 g/mol. The zero-order valence-electron chi connectivity index (χ0n) is 7.57. The number of carbonyl (C=O) groups is 1. The third kappa shape index (κ3) is 1.12. The Morgan fingerprint density at radius 2 is 2.29 bits per heavy atom. The summed E-state index contributed by atoms with van der Waals surface area (Å²) in [7, 11) is 1.48. The van der Waals surface area contributed by atoms with Gasteiger partial charge >= 0.3 is 0 Å². The summed E-state index contributed by atoms with van der Waals surface area (Å²) in [6, 6.07) is 4.98. The van der Waals surface area contributed by atoms with Crippen LogP contribution < -0.4 is 4.74 Å². The van der Waals surface area contributed by atoms with Gasteiger partial charge in [-0.25, -0.2) is 0 Å². The number of hydrogen-bond acceptors (Lipinski definition) is 3. The van der Waals surface area contributed by atoms with Crippen LogP contribution in [0.5, 0.6) is 11.5 Å². The van der Waals surface area contributed by atoms with Gasteiger partial charge in [0, 0.05) is 10.9 Å². The molecule has 2 aromatic rings. The lowest BCUT2D eigenvalue weighted by molar-refractivity contribution is 0.112. The number of nitrogens with one attached hydrogen (secondary N) is 1. The van der Waals surface area contributed by atoms with Crippen molar-refractivity contribution in [1.29, 1.82) is 0 Å². The molecule has 0 aliphatic rings. The number of H-pyrrole nitrogens is 1. The fraction of sp³-hybridized carbons (Fsp3) is 0.100. The predicted octanol–water partition coefficient (Wildman–Crippen LogP) is 1.69. The summed E-state index contributed by atoms with van der Waals surface area (Å²) in [5, 5.41) is 10.3. The van der Waals surface area contributed by atoms with Gasteiger partial charge in [-0.3, -0.25) is 4.79 Å². The molecule has 2 N–H and O–H groups in total. The van der Waals surface area contributed by atoms with Crippen molar-refractivity contribution in [2.45, 2.75) is 0 Å². The summed E-state index contributed by atoms with van der Waals surface area (Å²) in [6.45, 7) is 0. The first-order valence-electron chi connectivity index (χ1n) is 4.10. The number of rotatable bonds is 2. The molecular formula is C10H9NO3. The molecule has 2 rings (SSSR count). The van der Waals surface area contributed by atoms with Crippen molar-refractivity contribution in [3.05, 3.63) is 23.9 Å². The lowest BCUT2D eigenvalue weighted by atomic mass is 10.2. The molecule has 1 aromatic carbocycles. The molecule has 0 fully saturated rings. The Labute approximate surface area is 80.1 Å². The maximum absolute atomic E-state index is 10.5. The number of fused-ring (bicyclic) bond motifs is 1. The summed E-state index contributed by atoms with van der Waals surface area (Å²) < 4.78 is 4.94. The summed E-state index contributed by atoms with van der Waals surface area (Å²) in [5.41, 5.74) is 1.15. The van der Waals surface area contributed by atoms with E-state index in [1.54, 1.807) is 18.2 Å². The van der Waals surface area contributed by atoms with Gasteiger partial charge < -0.3 is 14.8 Å². The summed E-state index contributed by atoms with van der Waals surface area (Å²) in [5.74, 6) is 0.447. The van der Waals surface area contributed by atoms with Crippen LogP contribution >= 0.6 is 0 Å². The molecule has 0 aliphatic heterocycles. The summed E-state index contributed by atoms with van der Waals surface area (Å²) in [4.78, 5) is 13.4. The molecule has 0 spiro atoms. The van der Waals surface area contributed by atoms with Crippen molar-refractivity contribution in [3.8, 4) is 11.5 Å². The highest BCUT2D eigenvalue weighted by molar-refractivity contribution is 5.93. The number of phenols is 1. The molecule has 4 nitrogen and oxygen atoms in total. The zero-order valence-corrected chi connectivity index (χ0v) is 7.57. The minimum atomic E-state index is 0.0503. The number of aromatic amines is 1. The minimum Gasteiger partial charge on any atom is -0.504 e. The van der Waals surface area contributed by atoms with E-state index in [2.05, 4.69) is 4.98 Å². The first-order chi connectivity index (χ1) is 6.76. The van der Waals surface area contributed by atoms with Crippen LogP contribution in [0.1, 0.15) is 10.5 Å². The number of hydrogen-bond donors (Lipinski definition) is 2. The van der Waals surface area contributed by atoms with E-state index in [1.807, 2.05) is 0 Å². The number of aromatic hydroxyl groups is 1. The van der Waals surface area contributed by atoms with Gasteiger partial charge in [0.2, 0.25) is 0 Å². The van der Waals surface area contributed by atoms with E-state index in [9.17, 15) is 9.90 Å². The van der Waals surface area contributed by atoms with Gasteiger partial charge in [-0.1, -0.05) is 0 Å². The fourth-order valence-corrected chi connectivity index (χ4v) is 1.42. The van der Waals surface area contributed by atoms with Crippen molar-refractivity contribution in [2.75, 3.05) is 7.11 Å². The van der Waals surface area contributed by atoms with Gasteiger partial charge in [0.15, 0.2) is 17.8 Å². The SMILES string of the molecule is COc1ccc2[nH]c(C=O)cc2c1O. The second-order valence-electron chi connectivity index (χ2n) is 2.92. The number of aromatic nitrogens is 1. The van der Waals surface area contributed by atoms with Crippen molar-refractivity contribution in [3.63, 3.8) is 0 Å². The number of phenolic OH excluding ortho intramolecular Hbond substituents is 1. The molecule has 0 atom stereocenters. The number of aldehydes is 1. The fourth-order valence-electron chi connectivity index (χ4n) is 1.42. The second kappa shape index (κ2) is 3.06. The Morgan fingerprint density at radius 1 is 1.50 bits per heavy atom. The standard InChI is InChI=1S/C10H9NO3/c1-14-9-3-2-8-7(10(9)13)4-6(5-12)11-8/h2-5,11,13H,1H3. The van der Waals surface area contributed by atoms with E-state index in [4.69, 9.17) is 4.74 Å². The Bertz CT molecular complexity index is 487. The first kappa shape index (κ1) is 8.62. The number of benzene rings is 1. The third-order valence-electron chi connectivity index (χ3n) is 2.11. The molecule has 0 unspecified atom stereocenters. The molecule has 0 aliphatic carbocycles. The van der Waals surface area contributed by atoms with Crippen molar-refractivity contribution in [2.24, 2.45) is 0 Å². The van der Waals surface area contributed by atoms with E-state index in [-0.39, 0.29) is 5.75 Å². The van der Waals surface area contributed by atoms with E-state index in [1.165, 1.54) is 7.11 Å². The van der Waals surface area contributed by atoms with Crippen LogP contribution in [0.4, 0.5) is 0 Å². The average molecular weight is 191 g/mol. The number of methoxy groups -OCH3 is 1. The van der Waals surface area contributed by atoms with Gasteiger partial charge in [0.1, 0.15) is 0 Å². The van der Waals surface area contributed by atoms with Gasteiger partial charge in [-0.15, -0.1) is 0 Å². The van der Waals surface area contributed by atoms with Crippen LogP contribution in [0, 0.1) is 0 Å². The zero-order chi connectivity index (χ0) is 10.1. The van der Waals surface area contributed by atoms with Crippen molar-refractivity contribution < 1.29 is 14.6 Å². The van der Waals surface area contributed by atoms with Gasteiger partial charge in [-0.2, -0.15) is 0 Å². The lowest BCUT2D eigenvalue weighted by Gasteiger charge is -2.02. The predicted molar refractivity (Wildman–Crippen MR) is 51.9 cm³/mol. The van der Waals surface area contributed by atoms with Gasteiger partial charge in [0.25, 0.3) is 0 Å². The van der Waals surface area contributed by atoms with E-state index in [0.29, 0.717) is 28.6 Å². The maximum Gasteiger partial charge on any atom is 0.167 e. The van der Waals surface area contributed by atoms with Crippen LogP contribution in [0.15, 0.2) is 18.2 Å². The largest absolute Gasteiger partial charge is 0.504 e. The molecule has 1 aromatic heterocycles. The molecule has 1 heterocycles. The van der Waals surface area contributed by atoms with E-state index < -0.39 is 0 Å². The highest BCUT2D eigenvalue weighted by Crippen LogP contribution is 2.34. The highest BCUT2D eigenvalue weighted by atomic mass is 16.5. The molecule has 0 saturated heterocycles. The topological polar surface area (TPSA) is 62.3 Å². The molecule has 0 bridgehead atoms. The van der Waals surface area contributed by atoms with Crippen LogP contribution in [0.25, 0.3) is 10.9 Å². The Hall–Kier alpha value is -1.97. The first-order valence-corrected chi connectivity index (χ1v) is 4.10. The molecule has 0 saturated carbocycles. The van der Waals surface area contributed by atoms with Crippen LogP contribution in [0.3, 0.4) is 0 Å². The average Bonchev–Trinajstić information content (AvgIpc) is 2.62. The molecular weight excluding hydrogens is 182 g/mol. The molecule has 72 valence electrons. The second-order valence-corrected chi connectivity index (χ2v) is 2.92. The lowest BCUT2D eigenvalue weighted by Crippen LogP contribution is -1.82. The highest BCUT2D eigenvalue weighted by Gasteiger charge is 2.08. The molecule has 0 amide bonds. The van der Waals surface area contributed by atoms with Crippen molar-refractivity contribution in [1.82, 2.24) is 4.98 Å². The van der Waals surface area contributed by atoms with Crippen molar-refractivity contribution >= 4 is 17.2 Å². The van der Waals surface area contributed by atoms with Gasteiger partial charge in [-0.05, 0) is 18.2 Å². The van der Waals surface area contributed by atoms with E-state index in [0.717, 1.165) is 0 Å².